The summed E-state index contributed by atoms with van der Waals surface area (Å²) in [6.07, 6.45) is 1.06. The van der Waals surface area contributed by atoms with Crippen LogP contribution in [-0.4, -0.2) is 31.6 Å². The van der Waals surface area contributed by atoms with E-state index in [-0.39, 0.29) is 10.7 Å². The topological polar surface area (TPSA) is 54.5 Å². The summed E-state index contributed by atoms with van der Waals surface area (Å²) in [6.45, 7) is 6.77. The summed E-state index contributed by atoms with van der Waals surface area (Å²) in [4.78, 5) is 11.5. The largest absolute Gasteiger partial charge is 0.295 e. The lowest BCUT2D eigenvalue weighted by molar-refractivity contribution is 0.101. The Hall–Kier alpha value is -1.20. The second-order valence-electron chi connectivity index (χ2n) is 5.85. The Labute approximate surface area is 120 Å². The molecule has 0 amide bonds. The number of benzene rings is 1. The van der Waals surface area contributed by atoms with Crippen LogP contribution in [0.1, 0.15) is 37.6 Å². The third-order valence-electron chi connectivity index (χ3n) is 3.73. The highest BCUT2D eigenvalue weighted by molar-refractivity contribution is 7.89. The first-order valence-electron chi connectivity index (χ1n) is 6.92. The fourth-order valence-electron chi connectivity index (χ4n) is 2.81. The number of piperidine rings is 1. The number of Topliss-reactive ketones (excluding diaryl/α,β-unsaturated/α-hetero) is 1. The Balaban J connectivity index is 2.27. The van der Waals surface area contributed by atoms with Gasteiger partial charge in [0.15, 0.2) is 5.78 Å². The summed E-state index contributed by atoms with van der Waals surface area (Å²) in [5.74, 6) is 0.698. The summed E-state index contributed by atoms with van der Waals surface area (Å²) < 4.78 is 26.8. The molecule has 0 radical (unpaired) electrons. The van der Waals surface area contributed by atoms with Gasteiger partial charge in [-0.25, -0.2) is 8.42 Å². The van der Waals surface area contributed by atoms with Gasteiger partial charge in [0.2, 0.25) is 10.0 Å². The Bertz CT molecular complexity index is 582. The summed E-state index contributed by atoms with van der Waals surface area (Å²) in [6, 6.07) is 6.20. The van der Waals surface area contributed by atoms with Gasteiger partial charge in [-0.2, -0.15) is 4.31 Å². The highest BCUT2D eigenvalue weighted by Crippen LogP contribution is 2.26. The Morgan fingerprint density at radius 2 is 1.60 bits per heavy atom. The van der Waals surface area contributed by atoms with Crippen molar-refractivity contribution in [1.29, 1.82) is 0 Å². The highest BCUT2D eigenvalue weighted by atomic mass is 32.2. The molecule has 2 atom stereocenters. The summed E-state index contributed by atoms with van der Waals surface area (Å²) in [5, 5.41) is 0. The second-order valence-corrected chi connectivity index (χ2v) is 7.79. The lowest BCUT2D eigenvalue weighted by Gasteiger charge is -2.34. The molecular formula is C15H21NO3S. The Morgan fingerprint density at radius 3 is 2.05 bits per heavy atom. The van der Waals surface area contributed by atoms with Gasteiger partial charge in [-0.3, -0.25) is 4.79 Å². The van der Waals surface area contributed by atoms with Crippen molar-refractivity contribution in [1.82, 2.24) is 4.31 Å². The highest BCUT2D eigenvalue weighted by Gasteiger charge is 2.31. The van der Waals surface area contributed by atoms with Crippen LogP contribution in [0.15, 0.2) is 29.2 Å². The van der Waals surface area contributed by atoms with E-state index in [9.17, 15) is 13.2 Å². The molecule has 0 unspecified atom stereocenters. The lowest BCUT2D eigenvalue weighted by Crippen LogP contribution is -2.42. The van der Waals surface area contributed by atoms with Crippen LogP contribution < -0.4 is 0 Å². The molecule has 1 aliphatic rings. The van der Waals surface area contributed by atoms with Crippen LogP contribution in [0.2, 0.25) is 0 Å². The van der Waals surface area contributed by atoms with Crippen LogP contribution in [0.5, 0.6) is 0 Å². The molecule has 0 bridgehead atoms. The van der Waals surface area contributed by atoms with Gasteiger partial charge in [-0.1, -0.05) is 26.0 Å². The average Bonchev–Trinajstić information content (AvgIpc) is 2.37. The van der Waals surface area contributed by atoms with E-state index < -0.39 is 10.0 Å². The predicted molar refractivity (Wildman–Crippen MR) is 78.2 cm³/mol. The minimum Gasteiger partial charge on any atom is -0.295 e. The smallest absolute Gasteiger partial charge is 0.243 e. The zero-order valence-electron chi connectivity index (χ0n) is 12.2. The zero-order chi connectivity index (χ0) is 14.9. The SMILES string of the molecule is CC(=O)c1ccc(S(=O)(=O)N2C[C@H](C)C[C@@H](C)C2)cc1. The number of carbonyl (C=O) groups excluding carboxylic acids is 1. The predicted octanol–water partition coefficient (Wildman–Crippen LogP) is 2.56. The van der Waals surface area contributed by atoms with E-state index in [0.29, 0.717) is 30.5 Å². The van der Waals surface area contributed by atoms with Gasteiger partial charge < -0.3 is 0 Å². The molecule has 110 valence electrons. The van der Waals surface area contributed by atoms with E-state index in [1.165, 1.54) is 19.1 Å². The third kappa shape index (κ3) is 3.10. The molecule has 1 heterocycles. The van der Waals surface area contributed by atoms with E-state index in [4.69, 9.17) is 0 Å². The van der Waals surface area contributed by atoms with Crippen molar-refractivity contribution in [3.05, 3.63) is 29.8 Å². The average molecular weight is 295 g/mol. The van der Waals surface area contributed by atoms with Gasteiger partial charge in [0, 0.05) is 18.7 Å². The molecule has 1 aromatic carbocycles. The molecule has 1 fully saturated rings. The van der Waals surface area contributed by atoms with Crippen molar-refractivity contribution in [3.63, 3.8) is 0 Å². The Morgan fingerprint density at radius 1 is 1.10 bits per heavy atom. The molecule has 2 rings (SSSR count). The fourth-order valence-corrected chi connectivity index (χ4v) is 4.49. The molecule has 1 aromatic rings. The maximum absolute atomic E-state index is 12.6. The molecule has 20 heavy (non-hydrogen) atoms. The van der Waals surface area contributed by atoms with Crippen LogP contribution in [0.25, 0.3) is 0 Å². The molecule has 0 aromatic heterocycles. The summed E-state index contributed by atoms with van der Waals surface area (Å²) >= 11 is 0. The minimum atomic E-state index is -3.45. The number of sulfonamides is 1. The molecule has 1 saturated heterocycles. The minimum absolute atomic E-state index is 0.0610. The number of hydrogen-bond acceptors (Lipinski definition) is 3. The lowest BCUT2D eigenvalue weighted by atomic mass is 9.94. The van der Waals surface area contributed by atoms with Crippen molar-refractivity contribution in [2.24, 2.45) is 11.8 Å². The molecule has 0 spiro atoms. The normalized spacial score (nSPS) is 24.6. The summed E-state index contributed by atoms with van der Waals surface area (Å²) in [5.41, 5.74) is 0.532. The number of ketones is 1. The van der Waals surface area contributed by atoms with Gasteiger partial charge in [-0.05, 0) is 37.3 Å². The Kier molecular flexibility index (Phi) is 4.30. The maximum atomic E-state index is 12.6. The number of hydrogen-bond donors (Lipinski definition) is 0. The third-order valence-corrected chi connectivity index (χ3v) is 5.58. The number of rotatable bonds is 3. The molecule has 0 N–H and O–H groups in total. The van der Waals surface area contributed by atoms with Gasteiger partial charge in [-0.15, -0.1) is 0 Å². The molecule has 5 heteroatoms. The molecule has 0 saturated carbocycles. The first-order chi connectivity index (χ1) is 9.30. The quantitative estimate of drug-likeness (QED) is 0.805. The van der Waals surface area contributed by atoms with Crippen LogP contribution in [0, 0.1) is 11.8 Å². The number of carbonyl (C=O) groups is 1. The van der Waals surface area contributed by atoms with Gasteiger partial charge >= 0.3 is 0 Å². The fraction of sp³-hybridized carbons (Fsp3) is 0.533. The second kappa shape index (κ2) is 5.66. The van der Waals surface area contributed by atoms with Crippen molar-refractivity contribution < 1.29 is 13.2 Å². The molecule has 0 aliphatic carbocycles. The van der Waals surface area contributed by atoms with Crippen LogP contribution in [0.3, 0.4) is 0 Å². The zero-order valence-corrected chi connectivity index (χ0v) is 13.0. The van der Waals surface area contributed by atoms with Gasteiger partial charge in [0.25, 0.3) is 0 Å². The van der Waals surface area contributed by atoms with Gasteiger partial charge in [0.1, 0.15) is 0 Å². The van der Waals surface area contributed by atoms with E-state index >= 15 is 0 Å². The van der Waals surface area contributed by atoms with Crippen LogP contribution >= 0.6 is 0 Å². The van der Waals surface area contributed by atoms with E-state index in [1.807, 2.05) is 0 Å². The first-order valence-corrected chi connectivity index (χ1v) is 8.36. The van der Waals surface area contributed by atoms with Crippen molar-refractivity contribution >= 4 is 15.8 Å². The van der Waals surface area contributed by atoms with Crippen LogP contribution in [-0.2, 0) is 10.0 Å². The van der Waals surface area contributed by atoms with E-state index in [2.05, 4.69) is 13.8 Å². The van der Waals surface area contributed by atoms with Crippen LogP contribution in [0.4, 0.5) is 0 Å². The van der Waals surface area contributed by atoms with Gasteiger partial charge in [0.05, 0.1) is 4.90 Å². The molecule has 1 aliphatic heterocycles. The van der Waals surface area contributed by atoms with E-state index in [0.717, 1.165) is 6.42 Å². The van der Waals surface area contributed by atoms with Crippen molar-refractivity contribution in [2.75, 3.05) is 13.1 Å². The standard InChI is InChI=1S/C15H21NO3S/c1-11-8-12(2)10-16(9-11)20(18,19)15-6-4-14(5-7-15)13(3)17/h4-7,11-12H,8-10H2,1-3H3/t11-,12-/m1/s1. The molecular weight excluding hydrogens is 274 g/mol. The monoisotopic (exact) mass is 295 g/mol. The maximum Gasteiger partial charge on any atom is 0.243 e. The van der Waals surface area contributed by atoms with E-state index in [1.54, 1.807) is 16.4 Å². The van der Waals surface area contributed by atoms with Crippen molar-refractivity contribution in [3.8, 4) is 0 Å². The molecule has 4 nitrogen and oxygen atoms in total. The van der Waals surface area contributed by atoms with Crippen molar-refractivity contribution in [2.45, 2.75) is 32.1 Å². The number of nitrogens with zero attached hydrogens (tertiary/aromatic N) is 1. The summed E-state index contributed by atoms with van der Waals surface area (Å²) in [7, 11) is -3.45. The first kappa shape index (κ1) is 15.2.